The van der Waals surface area contributed by atoms with Crippen LogP contribution in [0.3, 0.4) is 0 Å². The van der Waals surface area contributed by atoms with Crippen molar-refractivity contribution < 1.29 is 9.90 Å². The van der Waals surface area contributed by atoms with E-state index in [-0.39, 0.29) is 14.6 Å². The summed E-state index contributed by atoms with van der Waals surface area (Å²) in [6.07, 6.45) is 0. The first-order chi connectivity index (χ1) is 6.50. The van der Waals surface area contributed by atoms with E-state index in [1.54, 1.807) is 12.1 Å². The van der Waals surface area contributed by atoms with Crippen molar-refractivity contribution >= 4 is 45.8 Å². The summed E-state index contributed by atoms with van der Waals surface area (Å²) >= 11 is 7.91. The maximum atomic E-state index is 10.7. The molecule has 5 heteroatoms. The zero-order chi connectivity index (χ0) is 10.7. The quantitative estimate of drug-likeness (QED) is 0.509. The summed E-state index contributed by atoms with van der Waals surface area (Å²) in [6.45, 7) is 1.97. The van der Waals surface area contributed by atoms with Crippen LogP contribution in [0.2, 0.25) is 5.02 Å². The highest BCUT2D eigenvalue weighted by atomic mass is 127. The van der Waals surface area contributed by atoms with Crippen LogP contribution >= 0.6 is 34.2 Å². The smallest absolute Gasteiger partial charge is 0.337 e. The molecule has 1 atom stereocenters. The van der Waals surface area contributed by atoms with Gasteiger partial charge in [-0.3, -0.25) is 0 Å². The number of carboxylic acids is 1. The predicted molar refractivity (Wildman–Crippen MR) is 65.5 cm³/mol. The monoisotopic (exact) mass is 325 g/mol. The van der Waals surface area contributed by atoms with Gasteiger partial charge in [0.1, 0.15) is 0 Å². The number of nitrogens with one attached hydrogen (secondary N) is 1. The van der Waals surface area contributed by atoms with Crippen LogP contribution < -0.4 is 5.32 Å². The Morgan fingerprint density at radius 3 is 2.79 bits per heavy atom. The molecule has 2 N–H and O–H groups in total. The molecule has 0 aliphatic rings. The highest BCUT2D eigenvalue weighted by molar-refractivity contribution is 14.1. The molecule has 0 saturated carbocycles. The zero-order valence-electron chi connectivity index (χ0n) is 7.42. The van der Waals surface area contributed by atoms with Gasteiger partial charge in [-0.25, -0.2) is 4.79 Å². The normalized spacial score (nSPS) is 12.2. The zero-order valence-corrected chi connectivity index (χ0v) is 10.3. The molecule has 0 fully saturated rings. The second kappa shape index (κ2) is 4.84. The summed E-state index contributed by atoms with van der Waals surface area (Å²) in [5.74, 6) is -1.01. The maximum Gasteiger partial charge on any atom is 0.337 e. The first-order valence-electron chi connectivity index (χ1n) is 3.94. The molecular formula is C9H9ClINO2. The molecule has 0 aromatic heterocycles. The van der Waals surface area contributed by atoms with Crippen LogP contribution in [0.25, 0.3) is 0 Å². The van der Waals surface area contributed by atoms with Crippen LogP contribution in [-0.4, -0.2) is 15.1 Å². The number of aromatic carboxylic acids is 1. The lowest BCUT2D eigenvalue weighted by Gasteiger charge is -2.09. The lowest BCUT2D eigenvalue weighted by atomic mass is 10.2. The lowest BCUT2D eigenvalue weighted by molar-refractivity contribution is 0.0697. The summed E-state index contributed by atoms with van der Waals surface area (Å²) in [6, 6.07) is 4.86. The number of carboxylic acid groups (broad SMARTS) is 1. The van der Waals surface area contributed by atoms with E-state index in [1.807, 2.05) is 6.92 Å². The van der Waals surface area contributed by atoms with Gasteiger partial charge >= 0.3 is 5.97 Å². The van der Waals surface area contributed by atoms with Gasteiger partial charge in [0.05, 0.1) is 14.6 Å². The molecule has 0 aliphatic heterocycles. The van der Waals surface area contributed by atoms with Crippen LogP contribution in [0.5, 0.6) is 0 Å². The van der Waals surface area contributed by atoms with Crippen LogP contribution in [0.15, 0.2) is 18.2 Å². The number of benzene rings is 1. The standard InChI is InChI=1S/C9H9ClINO2/c1-5(11)12-6-2-3-8(10)7(4-6)9(13)14/h2-5,12H,1H3,(H,13,14). The first-order valence-corrected chi connectivity index (χ1v) is 5.56. The van der Waals surface area contributed by atoms with E-state index in [0.717, 1.165) is 5.69 Å². The Morgan fingerprint density at radius 1 is 1.64 bits per heavy atom. The van der Waals surface area contributed by atoms with E-state index >= 15 is 0 Å². The molecule has 1 unspecified atom stereocenters. The van der Waals surface area contributed by atoms with Crippen LogP contribution in [-0.2, 0) is 0 Å². The van der Waals surface area contributed by atoms with E-state index < -0.39 is 5.97 Å². The fourth-order valence-corrected chi connectivity index (χ4v) is 1.57. The third-order valence-corrected chi connectivity index (χ3v) is 2.20. The van der Waals surface area contributed by atoms with Crippen LogP contribution in [0.4, 0.5) is 5.69 Å². The van der Waals surface area contributed by atoms with E-state index in [4.69, 9.17) is 16.7 Å². The maximum absolute atomic E-state index is 10.7. The topological polar surface area (TPSA) is 49.3 Å². The fourth-order valence-electron chi connectivity index (χ4n) is 1.01. The molecule has 1 aromatic carbocycles. The van der Waals surface area contributed by atoms with Crippen molar-refractivity contribution in [1.29, 1.82) is 0 Å². The minimum atomic E-state index is -1.01. The van der Waals surface area contributed by atoms with Gasteiger partial charge in [-0.15, -0.1) is 0 Å². The molecule has 3 nitrogen and oxygen atoms in total. The molecule has 14 heavy (non-hydrogen) atoms. The Morgan fingerprint density at radius 2 is 2.29 bits per heavy atom. The minimum Gasteiger partial charge on any atom is -0.478 e. The van der Waals surface area contributed by atoms with Gasteiger partial charge in [0.2, 0.25) is 0 Å². The molecule has 76 valence electrons. The second-order valence-corrected chi connectivity index (χ2v) is 5.04. The molecule has 0 bridgehead atoms. The molecular weight excluding hydrogens is 316 g/mol. The summed E-state index contributed by atoms with van der Waals surface area (Å²) in [5.41, 5.74) is 0.877. The molecule has 0 amide bonds. The van der Waals surface area contributed by atoms with Gasteiger partial charge in [0, 0.05) is 5.69 Å². The minimum absolute atomic E-state index is 0.119. The van der Waals surface area contributed by atoms with E-state index in [9.17, 15) is 4.79 Å². The average Bonchev–Trinajstić information content (AvgIpc) is 2.07. The Hall–Kier alpha value is -0.490. The van der Waals surface area contributed by atoms with Gasteiger partial charge in [0.15, 0.2) is 0 Å². The van der Waals surface area contributed by atoms with Crippen LogP contribution in [0.1, 0.15) is 17.3 Å². The summed E-state index contributed by atoms with van der Waals surface area (Å²) < 4.78 is 0.232. The number of alkyl halides is 1. The van der Waals surface area contributed by atoms with E-state index in [1.165, 1.54) is 6.07 Å². The highest BCUT2D eigenvalue weighted by Gasteiger charge is 2.09. The molecule has 1 rings (SSSR count). The Bertz CT molecular complexity index is 355. The molecule has 0 spiro atoms. The predicted octanol–water partition coefficient (Wildman–Crippen LogP) is 3.23. The van der Waals surface area contributed by atoms with Gasteiger partial charge in [-0.05, 0) is 25.1 Å². The van der Waals surface area contributed by atoms with Gasteiger partial charge in [-0.1, -0.05) is 34.2 Å². The van der Waals surface area contributed by atoms with Crippen molar-refractivity contribution in [2.45, 2.75) is 11.0 Å². The number of carbonyl (C=O) groups is 1. The molecule has 1 aromatic rings. The summed E-state index contributed by atoms with van der Waals surface area (Å²) in [5, 5.41) is 12.2. The largest absolute Gasteiger partial charge is 0.478 e. The average molecular weight is 326 g/mol. The van der Waals surface area contributed by atoms with Crippen molar-refractivity contribution in [3.05, 3.63) is 28.8 Å². The third kappa shape index (κ3) is 3.02. The van der Waals surface area contributed by atoms with Crippen molar-refractivity contribution in [2.24, 2.45) is 0 Å². The van der Waals surface area contributed by atoms with Crippen molar-refractivity contribution in [3.63, 3.8) is 0 Å². The SMILES string of the molecule is CC(I)Nc1ccc(Cl)c(C(=O)O)c1. The Labute approximate surface area is 101 Å². The van der Waals surface area contributed by atoms with Crippen molar-refractivity contribution in [2.75, 3.05) is 5.32 Å². The first kappa shape index (κ1) is 11.6. The Kier molecular flexibility index (Phi) is 4.00. The summed E-state index contributed by atoms with van der Waals surface area (Å²) in [7, 11) is 0. The van der Waals surface area contributed by atoms with Crippen molar-refractivity contribution in [3.8, 4) is 0 Å². The van der Waals surface area contributed by atoms with Crippen molar-refractivity contribution in [1.82, 2.24) is 0 Å². The fraction of sp³-hybridized carbons (Fsp3) is 0.222. The highest BCUT2D eigenvalue weighted by Crippen LogP contribution is 2.21. The van der Waals surface area contributed by atoms with Gasteiger partial charge in [-0.2, -0.15) is 0 Å². The molecule has 0 aliphatic carbocycles. The number of rotatable bonds is 3. The molecule has 0 radical (unpaired) electrons. The molecule has 0 saturated heterocycles. The van der Waals surface area contributed by atoms with E-state index in [0.29, 0.717) is 0 Å². The lowest BCUT2D eigenvalue weighted by Crippen LogP contribution is -2.07. The van der Waals surface area contributed by atoms with Gasteiger partial charge in [0.25, 0.3) is 0 Å². The Balaban J connectivity index is 3.00. The number of anilines is 1. The summed E-state index contributed by atoms with van der Waals surface area (Å²) in [4.78, 5) is 10.7. The van der Waals surface area contributed by atoms with E-state index in [2.05, 4.69) is 27.9 Å². The number of hydrogen-bond acceptors (Lipinski definition) is 2. The molecule has 0 heterocycles. The number of hydrogen-bond donors (Lipinski definition) is 2. The van der Waals surface area contributed by atoms with Gasteiger partial charge < -0.3 is 10.4 Å². The third-order valence-electron chi connectivity index (χ3n) is 1.56. The number of halogens is 2. The second-order valence-electron chi connectivity index (χ2n) is 2.76. The van der Waals surface area contributed by atoms with Crippen LogP contribution in [0, 0.1) is 0 Å².